The summed E-state index contributed by atoms with van der Waals surface area (Å²) in [6.07, 6.45) is 2.14. The predicted octanol–water partition coefficient (Wildman–Crippen LogP) is 2.40. The van der Waals surface area contributed by atoms with Crippen molar-refractivity contribution in [2.45, 2.75) is 39.7 Å². The Bertz CT molecular complexity index is 760. The fourth-order valence-electron chi connectivity index (χ4n) is 3.43. The Hall–Kier alpha value is -2.37. The van der Waals surface area contributed by atoms with Crippen LogP contribution in [0.2, 0.25) is 0 Å². The van der Waals surface area contributed by atoms with E-state index in [1.54, 1.807) is 0 Å². The number of carbonyl (C=O) groups is 2. The van der Waals surface area contributed by atoms with E-state index in [0.29, 0.717) is 39.1 Å². The zero-order chi connectivity index (χ0) is 17.8. The van der Waals surface area contributed by atoms with E-state index >= 15 is 0 Å². The monoisotopic (exact) mass is 343 g/mol. The van der Waals surface area contributed by atoms with E-state index in [-0.39, 0.29) is 17.8 Å². The molecule has 1 aromatic heterocycles. The third-order valence-electron chi connectivity index (χ3n) is 4.81. The largest absolute Gasteiger partial charge is 0.466 e. The van der Waals surface area contributed by atoms with Gasteiger partial charge in [-0.25, -0.2) is 4.98 Å². The minimum absolute atomic E-state index is 0.0794. The van der Waals surface area contributed by atoms with E-state index in [1.807, 2.05) is 47.6 Å². The van der Waals surface area contributed by atoms with Crippen molar-refractivity contribution in [2.75, 3.05) is 19.7 Å². The Balaban J connectivity index is 1.67. The van der Waals surface area contributed by atoms with Crippen LogP contribution in [0.3, 0.4) is 0 Å². The van der Waals surface area contributed by atoms with Gasteiger partial charge in [0.2, 0.25) is 5.91 Å². The molecule has 1 aliphatic heterocycles. The van der Waals surface area contributed by atoms with E-state index < -0.39 is 0 Å². The molecular formula is C19H25N3O3. The maximum Gasteiger partial charge on any atom is 0.309 e. The predicted molar refractivity (Wildman–Crippen MR) is 95.0 cm³/mol. The number of imidazole rings is 1. The van der Waals surface area contributed by atoms with Gasteiger partial charge in [0.1, 0.15) is 12.4 Å². The van der Waals surface area contributed by atoms with Crippen LogP contribution in [0.15, 0.2) is 24.3 Å². The lowest BCUT2D eigenvalue weighted by Gasteiger charge is -2.31. The second kappa shape index (κ2) is 7.68. The van der Waals surface area contributed by atoms with Crippen LogP contribution in [-0.4, -0.2) is 46.0 Å². The van der Waals surface area contributed by atoms with Crippen LogP contribution < -0.4 is 0 Å². The molecule has 2 heterocycles. The van der Waals surface area contributed by atoms with Crippen molar-refractivity contribution >= 4 is 22.9 Å². The molecule has 1 aliphatic rings. The van der Waals surface area contributed by atoms with Gasteiger partial charge in [-0.15, -0.1) is 0 Å². The van der Waals surface area contributed by atoms with Crippen LogP contribution in [0.25, 0.3) is 11.0 Å². The highest BCUT2D eigenvalue weighted by Gasteiger charge is 2.28. The number of para-hydroxylation sites is 2. The molecule has 25 heavy (non-hydrogen) atoms. The van der Waals surface area contributed by atoms with E-state index in [1.165, 1.54) is 0 Å². The first-order valence-electron chi connectivity index (χ1n) is 9.02. The lowest BCUT2D eigenvalue weighted by molar-refractivity contribution is -0.151. The number of nitrogens with zero attached hydrogens (tertiary/aromatic N) is 3. The third-order valence-corrected chi connectivity index (χ3v) is 4.81. The molecule has 0 spiro atoms. The molecule has 0 atom stereocenters. The van der Waals surface area contributed by atoms with Crippen molar-refractivity contribution < 1.29 is 14.3 Å². The van der Waals surface area contributed by atoms with Crippen molar-refractivity contribution in [1.29, 1.82) is 0 Å². The molecule has 0 bridgehead atoms. The number of hydrogen-bond donors (Lipinski definition) is 0. The summed E-state index contributed by atoms with van der Waals surface area (Å²) >= 11 is 0. The minimum Gasteiger partial charge on any atom is -0.466 e. The van der Waals surface area contributed by atoms with Crippen LogP contribution in [-0.2, 0) is 27.3 Å². The molecule has 6 nitrogen and oxygen atoms in total. The second-order valence-electron chi connectivity index (χ2n) is 6.36. The molecule has 1 amide bonds. The van der Waals surface area contributed by atoms with Gasteiger partial charge in [0.05, 0.1) is 23.6 Å². The number of carbonyl (C=O) groups excluding carboxylic acids is 2. The van der Waals surface area contributed by atoms with Crippen LogP contribution in [0.1, 0.15) is 32.5 Å². The number of hydrogen-bond acceptors (Lipinski definition) is 4. The quantitative estimate of drug-likeness (QED) is 0.782. The van der Waals surface area contributed by atoms with E-state index in [2.05, 4.69) is 4.98 Å². The number of ether oxygens (including phenoxy) is 1. The molecule has 1 fully saturated rings. The molecule has 0 radical (unpaired) electrons. The van der Waals surface area contributed by atoms with Gasteiger partial charge in [-0.05, 0) is 31.9 Å². The summed E-state index contributed by atoms with van der Waals surface area (Å²) in [5, 5.41) is 0. The summed E-state index contributed by atoms with van der Waals surface area (Å²) in [5.41, 5.74) is 1.92. The Kier molecular flexibility index (Phi) is 5.36. The number of aromatic nitrogens is 2. The van der Waals surface area contributed by atoms with Crippen molar-refractivity contribution in [3.8, 4) is 0 Å². The number of piperidine rings is 1. The minimum atomic E-state index is -0.136. The maximum absolute atomic E-state index is 12.7. The molecule has 0 N–H and O–H groups in total. The topological polar surface area (TPSA) is 64.4 Å². The highest BCUT2D eigenvalue weighted by molar-refractivity contribution is 5.81. The van der Waals surface area contributed by atoms with Crippen LogP contribution in [0, 0.1) is 5.92 Å². The molecule has 1 aromatic carbocycles. The number of rotatable bonds is 5. The first kappa shape index (κ1) is 17.5. The molecule has 134 valence electrons. The van der Waals surface area contributed by atoms with Crippen LogP contribution in [0.5, 0.6) is 0 Å². The van der Waals surface area contributed by atoms with Gasteiger partial charge in [0.15, 0.2) is 0 Å². The SMILES string of the molecule is CCOC(=O)C1CCN(C(=O)Cn2c(CC)nc3ccccc32)CC1. The van der Waals surface area contributed by atoms with E-state index in [0.717, 1.165) is 23.3 Å². The lowest BCUT2D eigenvalue weighted by atomic mass is 9.97. The van der Waals surface area contributed by atoms with Crippen molar-refractivity contribution in [1.82, 2.24) is 14.5 Å². The number of aryl methyl sites for hydroxylation is 1. The summed E-state index contributed by atoms with van der Waals surface area (Å²) in [6, 6.07) is 7.90. The molecule has 3 rings (SSSR count). The summed E-state index contributed by atoms with van der Waals surface area (Å²) < 4.78 is 7.10. The highest BCUT2D eigenvalue weighted by Crippen LogP contribution is 2.21. The van der Waals surface area contributed by atoms with Crippen molar-refractivity contribution in [3.63, 3.8) is 0 Å². The van der Waals surface area contributed by atoms with Crippen molar-refractivity contribution in [3.05, 3.63) is 30.1 Å². The molecule has 2 aromatic rings. The summed E-state index contributed by atoms with van der Waals surface area (Å²) in [7, 11) is 0. The Morgan fingerprint density at radius 1 is 1.20 bits per heavy atom. The fourth-order valence-corrected chi connectivity index (χ4v) is 3.43. The number of esters is 1. The number of amides is 1. The average molecular weight is 343 g/mol. The second-order valence-corrected chi connectivity index (χ2v) is 6.36. The molecule has 0 saturated carbocycles. The van der Waals surface area contributed by atoms with Gasteiger partial charge in [-0.1, -0.05) is 19.1 Å². The van der Waals surface area contributed by atoms with Crippen LogP contribution in [0.4, 0.5) is 0 Å². The number of likely N-dealkylation sites (tertiary alicyclic amines) is 1. The summed E-state index contributed by atoms with van der Waals surface area (Å²) in [5.74, 6) is 0.795. The molecule has 1 saturated heterocycles. The zero-order valence-electron chi connectivity index (χ0n) is 14.9. The van der Waals surface area contributed by atoms with Gasteiger partial charge in [0, 0.05) is 19.5 Å². The number of fused-ring (bicyclic) bond motifs is 1. The Morgan fingerprint density at radius 2 is 1.92 bits per heavy atom. The first-order valence-corrected chi connectivity index (χ1v) is 9.02. The Morgan fingerprint density at radius 3 is 2.60 bits per heavy atom. The van der Waals surface area contributed by atoms with E-state index in [9.17, 15) is 9.59 Å². The smallest absolute Gasteiger partial charge is 0.309 e. The maximum atomic E-state index is 12.7. The highest BCUT2D eigenvalue weighted by atomic mass is 16.5. The zero-order valence-corrected chi connectivity index (χ0v) is 14.9. The third kappa shape index (κ3) is 3.67. The molecular weight excluding hydrogens is 318 g/mol. The lowest BCUT2D eigenvalue weighted by Crippen LogP contribution is -2.42. The molecule has 6 heteroatoms. The summed E-state index contributed by atoms with van der Waals surface area (Å²) in [6.45, 7) is 5.79. The van der Waals surface area contributed by atoms with Gasteiger partial charge in [-0.2, -0.15) is 0 Å². The van der Waals surface area contributed by atoms with Gasteiger partial charge in [-0.3, -0.25) is 9.59 Å². The first-order chi connectivity index (χ1) is 12.1. The normalized spacial score (nSPS) is 15.5. The fraction of sp³-hybridized carbons (Fsp3) is 0.526. The van der Waals surface area contributed by atoms with Gasteiger partial charge in [0.25, 0.3) is 0 Å². The number of benzene rings is 1. The molecule has 0 unspecified atom stereocenters. The molecule has 0 aliphatic carbocycles. The average Bonchev–Trinajstić information content (AvgIpc) is 3.00. The Labute approximate surface area is 147 Å². The van der Waals surface area contributed by atoms with Gasteiger partial charge < -0.3 is 14.2 Å². The van der Waals surface area contributed by atoms with Crippen LogP contribution >= 0.6 is 0 Å². The standard InChI is InChI=1S/C19H25N3O3/c1-3-17-20-15-7-5-6-8-16(15)22(17)13-18(23)21-11-9-14(10-12-21)19(24)25-4-2/h5-8,14H,3-4,9-13H2,1-2H3. The van der Waals surface area contributed by atoms with Gasteiger partial charge >= 0.3 is 5.97 Å². The van der Waals surface area contributed by atoms with E-state index in [4.69, 9.17) is 4.74 Å². The summed E-state index contributed by atoms with van der Waals surface area (Å²) in [4.78, 5) is 31.0. The van der Waals surface area contributed by atoms with Crippen molar-refractivity contribution in [2.24, 2.45) is 5.92 Å².